The van der Waals surface area contributed by atoms with E-state index in [-0.39, 0.29) is 0 Å². The van der Waals surface area contributed by atoms with E-state index in [0.717, 1.165) is 13.1 Å². The van der Waals surface area contributed by atoms with Gasteiger partial charge in [-0.05, 0) is 17.2 Å². The van der Waals surface area contributed by atoms with E-state index in [1.165, 1.54) is 5.75 Å². The van der Waals surface area contributed by atoms with Gasteiger partial charge in [0.2, 0.25) is 0 Å². The summed E-state index contributed by atoms with van der Waals surface area (Å²) in [5, 5.41) is 0.689. The van der Waals surface area contributed by atoms with Gasteiger partial charge in [0.05, 0.1) is 0 Å². The predicted octanol–water partition coefficient (Wildman–Crippen LogP) is 2.60. The zero-order chi connectivity index (χ0) is 8.48. The van der Waals surface area contributed by atoms with Crippen LogP contribution in [-0.4, -0.2) is 28.5 Å². The molecule has 66 valence electrons. The van der Waals surface area contributed by atoms with Crippen molar-refractivity contribution in [1.82, 2.24) is 4.42 Å². The second-order valence-electron chi connectivity index (χ2n) is 4.09. The summed E-state index contributed by atoms with van der Waals surface area (Å²) in [5.41, 5.74) is 0.387. The van der Waals surface area contributed by atoms with Crippen molar-refractivity contribution in [3.05, 3.63) is 0 Å². The second-order valence-corrected chi connectivity index (χ2v) is 5.88. The summed E-state index contributed by atoms with van der Waals surface area (Å²) < 4.78 is 1.91. The Morgan fingerprint density at radius 3 is 2.45 bits per heavy atom. The lowest BCUT2D eigenvalue weighted by molar-refractivity contribution is 0.328. The van der Waals surface area contributed by atoms with Crippen molar-refractivity contribution in [2.24, 2.45) is 5.41 Å². The van der Waals surface area contributed by atoms with Crippen molar-refractivity contribution in [3.8, 4) is 0 Å². The first kappa shape index (κ1) is 9.69. The van der Waals surface area contributed by atoms with E-state index in [2.05, 4.69) is 20.8 Å². The van der Waals surface area contributed by atoms with Crippen molar-refractivity contribution in [3.63, 3.8) is 0 Å². The van der Waals surface area contributed by atoms with Crippen LogP contribution in [0.5, 0.6) is 0 Å². The van der Waals surface area contributed by atoms with E-state index in [1.54, 1.807) is 0 Å². The molecule has 0 aromatic heterocycles. The van der Waals surface area contributed by atoms with Crippen LogP contribution in [0.25, 0.3) is 0 Å². The van der Waals surface area contributed by atoms with Crippen molar-refractivity contribution < 1.29 is 0 Å². The maximum atomic E-state index is 5.94. The topological polar surface area (TPSA) is 3.24 Å². The summed E-state index contributed by atoms with van der Waals surface area (Å²) in [5.74, 6) is 1.17. The fourth-order valence-electron chi connectivity index (χ4n) is 1.14. The molecule has 0 radical (unpaired) electrons. The Bertz CT molecular complexity index is 133. The van der Waals surface area contributed by atoms with E-state index in [1.807, 2.05) is 16.2 Å². The number of rotatable bonds is 0. The second kappa shape index (κ2) is 3.55. The Labute approximate surface area is 78.6 Å². The Morgan fingerprint density at radius 2 is 2.09 bits per heavy atom. The first-order chi connectivity index (χ1) is 5.00. The van der Waals surface area contributed by atoms with Crippen LogP contribution >= 0.6 is 23.5 Å². The van der Waals surface area contributed by atoms with Crippen LogP contribution in [0.1, 0.15) is 20.8 Å². The lowest BCUT2D eigenvalue weighted by atomic mass is 9.91. The average Bonchev–Trinajstić information content (AvgIpc) is 1.86. The van der Waals surface area contributed by atoms with E-state index in [9.17, 15) is 0 Å². The Morgan fingerprint density at radius 1 is 1.45 bits per heavy atom. The fourth-order valence-corrected chi connectivity index (χ4v) is 2.94. The SMILES string of the molecule is CC(C)(C)C1CN(Cl)CCS1. The minimum Gasteiger partial charge on any atom is -0.218 e. The first-order valence-corrected chi connectivity index (χ1v) is 5.41. The number of nitrogens with zero attached hydrogens (tertiary/aromatic N) is 1. The third-order valence-corrected chi connectivity index (χ3v) is 3.97. The van der Waals surface area contributed by atoms with Crippen molar-refractivity contribution in [1.29, 1.82) is 0 Å². The van der Waals surface area contributed by atoms with Crippen molar-refractivity contribution in [2.75, 3.05) is 18.8 Å². The zero-order valence-corrected chi connectivity index (χ0v) is 9.00. The Balaban J connectivity index is 2.46. The van der Waals surface area contributed by atoms with Crippen LogP contribution in [0, 0.1) is 5.41 Å². The van der Waals surface area contributed by atoms with Crippen molar-refractivity contribution in [2.45, 2.75) is 26.0 Å². The predicted molar refractivity (Wildman–Crippen MR) is 53.1 cm³/mol. The van der Waals surface area contributed by atoms with Gasteiger partial charge in [-0.2, -0.15) is 11.8 Å². The third kappa shape index (κ3) is 2.85. The zero-order valence-electron chi connectivity index (χ0n) is 7.43. The van der Waals surface area contributed by atoms with Gasteiger partial charge >= 0.3 is 0 Å². The van der Waals surface area contributed by atoms with Crippen LogP contribution in [0.4, 0.5) is 0 Å². The van der Waals surface area contributed by atoms with Crippen LogP contribution in [0.2, 0.25) is 0 Å². The van der Waals surface area contributed by atoms with E-state index in [4.69, 9.17) is 11.8 Å². The molecule has 1 fully saturated rings. The molecular formula is C8H16ClNS. The van der Waals surface area contributed by atoms with Gasteiger partial charge in [0.25, 0.3) is 0 Å². The molecule has 0 aliphatic carbocycles. The molecule has 1 saturated heterocycles. The highest BCUT2D eigenvalue weighted by Gasteiger charge is 2.29. The van der Waals surface area contributed by atoms with Gasteiger partial charge in [0, 0.05) is 24.1 Å². The molecule has 0 amide bonds. The van der Waals surface area contributed by atoms with Gasteiger partial charge in [-0.15, -0.1) is 0 Å². The summed E-state index contributed by atoms with van der Waals surface area (Å²) in [6, 6.07) is 0. The highest BCUT2D eigenvalue weighted by molar-refractivity contribution is 8.00. The molecule has 1 rings (SSSR count). The molecule has 0 spiro atoms. The minimum atomic E-state index is 0.387. The highest BCUT2D eigenvalue weighted by atomic mass is 35.5. The quantitative estimate of drug-likeness (QED) is 0.545. The fraction of sp³-hybridized carbons (Fsp3) is 1.00. The summed E-state index contributed by atoms with van der Waals surface area (Å²) in [6.07, 6.45) is 0. The molecule has 1 heterocycles. The maximum Gasteiger partial charge on any atom is 0.0263 e. The third-order valence-electron chi connectivity index (χ3n) is 1.98. The van der Waals surface area contributed by atoms with Crippen molar-refractivity contribution >= 4 is 23.5 Å². The van der Waals surface area contributed by atoms with Gasteiger partial charge in [-0.3, -0.25) is 0 Å². The van der Waals surface area contributed by atoms with E-state index >= 15 is 0 Å². The van der Waals surface area contributed by atoms with Gasteiger partial charge in [0.1, 0.15) is 0 Å². The molecule has 0 N–H and O–H groups in total. The van der Waals surface area contributed by atoms with E-state index in [0.29, 0.717) is 10.7 Å². The Kier molecular flexibility index (Phi) is 3.12. The Hall–Kier alpha value is 0.600. The highest BCUT2D eigenvalue weighted by Crippen LogP contribution is 2.33. The molecule has 0 bridgehead atoms. The van der Waals surface area contributed by atoms with Crippen LogP contribution < -0.4 is 0 Å². The van der Waals surface area contributed by atoms with E-state index < -0.39 is 0 Å². The molecule has 11 heavy (non-hydrogen) atoms. The normalized spacial score (nSPS) is 28.9. The maximum absolute atomic E-state index is 5.94. The van der Waals surface area contributed by atoms with Crippen LogP contribution in [0.3, 0.4) is 0 Å². The standard InChI is InChI=1S/C8H16ClNS/c1-8(2,3)7-6-10(9)4-5-11-7/h7H,4-6H2,1-3H3. The molecule has 1 aliphatic heterocycles. The average molecular weight is 194 g/mol. The van der Waals surface area contributed by atoms with Gasteiger partial charge < -0.3 is 0 Å². The number of halogens is 1. The first-order valence-electron chi connectivity index (χ1n) is 4.02. The monoisotopic (exact) mass is 193 g/mol. The van der Waals surface area contributed by atoms with Gasteiger partial charge in [0.15, 0.2) is 0 Å². The number of thioether (sulfide) groups is 1. The number of hydrogen-bond donors (Lipinski definition) is 0. The molecule has 1 aliphatic rings. The lowest BCUT2D eigenvalue weighted by Crippen LogP contribution is -2.38. The minimum absolute atomic E-state index is 0.387. The summed E-state index contributed by atoms with van der Waals surface area (Å²) in [7, 11) is 0. The van der Waals surface area contributed by atoms with Gasteiger partial charge in [-0.1, -0.05) is 20.8 Å². The summed E-state index contributed by atoms with van der Waals surface area (Å²) in [6.45, 7) is 8.89. The molecule has 0 aromatic rings. The molecule has 1 unspecified atom stereocenters. The molecule has 1 nitrogen and oxygen atoms in total. The lowest BCUT2D eigenvalue weighted by Gasteiger charge is -2.36. The summed E-state index contributed by atoms with van der Waals surface area (Å²) in [4.78, 5) is 0. The molecule has 0 saturated carbocycles. The molecule has 1 atom stereocenters. The van der Waals surface area contributed by atoms with Gasteiger partial charge in [-0.25, -0.2) is 4.42 Å². The molecule has 0 aromatic carbocycles. The largest absolute Gasteiger partial charge is 0.218 e. The van der Waals surface area contributed by atoms with Crippen LogP contribution in [0.15, 0.2) is 0 Å². The van der Waals surface area contributed by atoms with Crippen LogP contribution in [-0.2, 0) is 0 Å². The number of hydrogen-bond acceptors (Lipinski definition) is 2. The smallest absolute Gasteiger partial charge is 0.0263 e. The molecule has 3 heteroatoms. The molecular weight excluding hydrogens is 178 g/mol. The summed E-state index contributed by atoms with van der Waals surface area (Å²) >= 11 is 7.99.